The Hall–Kier alpha value is -3.50. The van der Waals surface area contributed by atoms with Crippen molar-refractivity contribution in [2.45, 2.75) is 19.3 Å². The van der Waals surface area contributed by atoms with Gasteiger partial charge in [0.15, 0.2) is 0 Å². The second-order valence-electron chi connectivity index (χ2n) is 8.41. The van der Waals surface area contributed by atoms with Crippen LogP contribution in [0.2, 0.25) is 0 Å². The van der Waals surface area contributed by atoms with Gasteiger partial charge in [0.2, 0.25) is 0 Å². The maximum atomic E-state index is 12.9. The molecule has 4 heteroatoms. The summed E-state index contributed by atoms with van der Waals surface area (Å²) in [7, 11) is 0. The number of amides is 1. The van der Waals surface area contributed by atoms with E-state index in [0.717, 1.165) is 51.3 Å². The predicted octanol–water partition coefficient (Wildman–Crippen LogP) is 7.57. The molecular weight excluding hydrogens is 484 g/mol. The van der Waals surface area contributed by atoms with Crippen molar-refractivity contribution in [3.8, 4) is 11.3 Å². The highest BCUT2D eigenvalue weighted by Crippen LogP contribution is 2.28. The molecule has 0 aliphatic carbocycles. The zero-order valence-corrected chi connectivity index (χ0v) is 20.4. The molecule has 5 rings (SSSR count). The second-order valence-corrected chi connectivity index (χ2v) is 9.26. The van der Waals surface area contributed by atoms with E-state index in [-0.39, 0.29) is 5.91 Å². The zero-order valence-electron chi connectivity index (χ0n) is 18.8. The summed E-state index contributed by atoms with van der Waals surface area (Å²) in [4.78, 5) is 17.8. The summed E-state index contributed by atoms with van der Waals surface area (Å²) in [5.41, 5.74) is 5.16. The number of pyridine rings is 1. The Kier molecular flexibility index (Phi) is 6.68. The Morgan fingerprint density at radius 2 is 1.59 bits per heavy atom. The van der Waals surface area contributed by atoms with Crippen LogP contribution in [0.5, 0.6) is 0 Å². The van der Waals surface area contributed by atoms with Gasteiger partial charge in [-0.2, -0.15) is 0 Å². The fourth-order valence-electron chi connectivity index (χ4n) is 4.43. The number of unbranched alkanes of at least 4 members (excludes halogenated alkanes) is 1. The van der Waals surface area contributed by atoms with Crippen LogP contribution >= 0.6 is 15.9 Å². The number of fused-ring (bicyclic) bond motifs is 2. The topological polar surface area (TPSA) is 42.0 Å². The lowest BCUT2D eigenvalue weighted by atomic mass is 10.00. The average Bonchev–Trinajstić information content (AvgIpc) is 2.88. The molecule has 0 atom stereocenters. The highest BCUT2D eigenvalue weighted by Gasteiger charge is 2.12. The third kappa shape index (κ3) is 4.73. The van der Waals surface area contributed by atoms with E-state index in [0.29, 0.717) is 12.1 Å². The summed E-state index contributed by atoms with van der Waals surface area (Å²) in [6, 6.07) is 32.7. The van der Waals surface area contributed by atoms with Crippen molar-refractivity contribution in [1.29, 1.82) is 0 Å². The van der Waals surface area contributed by atoms with Crippen molar-refractivity contribution < 1.29 is 4.79 Å². The van der Waals surface area contributed by atoms with Crippen molar-refractivity contribution in [1.82, 2.24) is 10.3 Å². The predicted molar refractivity (Wildman–Crippen MR) is 144 cm³/mol. The molecule has 1 N–H and O–H groups in total. The lowest BCUT2D eigenvalue weighted by Gasteiger charge is -2.11. The normalized spacial score (nSPS) is 11.1. The first-order valence-electron chi connectivity index (χ1n) is 11.6. The monoisotopic (exact) mass is 508 g/mol. The fourth-order valence-corrected chi connectivity index (χ4v) is 5.03. The van der Waals surface area contributed by atoms with Crippen LogP contribution in [0.15, 0.2) is 102 Å². The van der Waals surface area contributed by atoms with E-state index >= 15 is 0 Å². The molecule has 0 saturated carbocycles. The number of halogens is 1. The Labute approximate surface area is 208 Å². The summed E-state index contributed by atoms with van der Waals surface area (Å²) in [5.74, 6) is -0.0294. The molecule has 0 aliphatic rings. The van der Waals surface area contributed by atoms with Gasteiger partial charge in [0.05, 0.1) is 11.2 Å². The molecule has 168 valence electrons. The van der Waals surface area contributed by atoms with Crippen molar-refractivity contribution in [2.24, 2.45) is 0 Å². The lowest BCUT2D eigenvalue weighted by Crippen LogP contribution is -2.24. The number of hydrogen-bond acceptors (Lipinski definition) is 2. The summed E-state index contributed by atoms with van der Waals surface area (Å²) < 4.78 is 0.939. The molecule has 0 bridgehead atoms. The first-order chi connectivity index (χ1) is 16.7. The minimum Gasteiger partial charge on any atom is -0.352 e. The first kappa shape index (κ1) is 22.3. The third-order valence-corrected chi connectivity index (χ3v) is 6.79. The van der Waals surface area contributed by atoms with Gasteiger partial charge in [-0.1, -0.05) is 88.7 Å². The largest absolute Gasteiger partial charge is 0.352 e. The van der Waals surface area contributed by atoms with Gasteiger partial charge >= 0.3 is 0 Å². The molecule has 1 heterocycles. The second kappa shape index (κ2) is 10.2. The molecule has 4 aromatic carbocycles. The van der Waals surface area contributed by atoms with Gasteiger partial charge in [-0.3, -0.25) is 4.79 Å². The SMILES string of the molecule is O=C(NCCCCc1cc(-c2ccccc2)nc2ccccc12)c1cccc2cccc(Br)c12. The molecule has 3 nitrogen and oxygen atoms in total. The Morgan fingerprint density at radius 3 is 2.44 bits per heavy atom. The van der Waals surface area contributed by atoms with E-state index < -0.39 is 0 Å². The number of benzene rings is 4. The molecule has 1 amide bonds. The van der Waals surface area contributed by atoms with Crippen LogP contribution in [0.25, 0.3) is 32.9 Å². The minimum absolute atomic E-state index is 0.0294. The van der Waals surface area contributed by atoms with Crippen LogP contribution in [0, 0.1) is 0 Å². The van der Waals surface area contributed by atoms with Gasteiger partial charge in [-0.15, -0.1) is 0 Å². The number of carbonyl (C=O) groups is 1. The fraction of sp³-hybridized carbons (Fsp3) is 0.133. The van der Waals surface area contributed by atoms with Crippen LogP contribution in [0.1, 0.15) is 28.8 Å². The quantitative estimate of drug-likeness (QED) is 0.230. The van der Waals surface area contributed by atoms with Crippen LogP contribution in [0.4, 0.5) is 0 Å². The zero-order chi connectivity index (χ0) is 23.3. The molecule has 0 saturated heterocycles. The minimum atomic E-state index is -0.0294. The smallest absolute Gasteiger partial charge is 0.251 e. The van der Waals surface area contributed by atoms with E-state index in [4.69, 9.17) is 4.98 Å². The number of nitrogens with zero attached hydrogens (tertiary/aromatic N) is 1. The average molecular weight is 509 g/mol. The summed E-state index contributed by atoms with van der Waals surface area (Å²) in [6.07, 6.45) is 2.84. The highest BCUT2D eigenvalue weighted by molar-refractivity contribution is 9.10. The standard InChI is InChI=1S/C30H25BrN2O/c31-26-17-9-14-22-13-8-16-25(29(22)26)30(34)32-19-7-6-12-23-20-28(21-10-2-1-3-11-21)33-27-18-5-4-15-24(23)27/h1-5,8-11,13-18,20H,6-7,12,19H2,(H,32,34). The van der Waals surface area contributed by atoms with E-state index in [9.17, 15) is 4.79 Å². The van der Waals surface area contributed by atoms with Crippen LogP contribution in [0.3, 0.4) is 0 Å². The maximum Gasteiger partial charge on any atom is 0.251 e. The molecule has 34 heavy (non-hydrogen) atoms. The number of hydrogen-bond donors (Lipinski definition) is 1. The van der Waals surface area contributed by atoms with Crippen molar-refractivity contribution in [3.05, 3.63) is 113 Å². The number of aromatic nitrogens is 1. The Morgan fingerprint density at radius 1 is 0.824 bits per heavy atom. The van der Waals surface area contributed by atoms with E-state index in [1.165, 1.54) is 10.9 Å². The van der Waals surface area contributed by atoms with Crippen LogP contribution in [-0.4, -0.2) is 17.4 Å². The van der Waals surface area contributed by atoms with Crippen LogP contribution < -0.4 is 5.32 Å². The number of para-hydroxylation sites is 1. The number of carbonyl (C=O) groups excluding carboxylic acids is 1. The van der Waals surface area contributed by atoms with E-state index in [1.54, 1.807) is 0 Å². The van der Waals surface area contributed by atoms with Crippen molar-refractivity contribution in [2.75, 3.05) is 6.54 Å². The maximum absolute atomic E-state index is 12.9. The van der Waals surface area contributed by atoms with Gasteiger partial charge in [0, 0.05) is 32.9 Å². The number of nitrogens with one attached hydrogen (secondary N) is 1. The highest BCUT2D eigenvalue weighted by atomic mass is 79.9. The van der Waals surface area contributed by atoms with Gasteiger partial charge in [0.25, 0.3) is 5.91 Å². The van der Waals surface area contributed by atoms with Crippen LogP contribution in [-0.2, 0) is 6.42 Å². The Bertz CT molecular complexity index is 1460. The summed E-state index contributed by atoms with van der Waals surface area (Å²) in [6.45, 7) is 0.647. The van der Waals surface area contributed by atoms with Gasteiger partial charge in [0.1, 0.15) is 0 Å². The van der Waals surface area contributed by atoms with Crippen molar-refractivity contribution >= 4 is 43.5 Å². The molecular formula is C30H25BrN2O. The number of aryl methyl sites for hydroxylation is 1. The molecule has 0 fully saturated rings. The van der Waals surface area contributed by atoms with Gasteiger partial charge < -0.3 is 5.32 Å². The van der Waals surface area contributed by atoms with Gasteiger partial charge in [-0.25, -0.2) is 4.98 Å². The first-order valence-corrected chi connectivity index (χ1v) is 12.4. The lowest BCUT2D eigenvalue weighted by molar-refractivity contribution is 0.0954. The molecule has 0 unspecified atom stereocenters. The Balaban J connectivity index is 1.25. The molecule has 1 aromatic heterocycles. The van der Waals surface area contributed by atoms with Crippen molar-refractivity contribution in [3.63, 3.8) is 0 Å². The van der Waals surface area contributed by atoms with E-state index in [1.807, 2.05) is 60.7 Å². The van der Waals surface area contributed by atoms with Gasteiger partial charge in [-0.05, 0) is 54.5 Å². The summed E-state index contributed by atoms with van der Waals surface area (Å²) in [5, 5.41) is 6.32. The molecule has 0 radical (unpaired) electrons. The molecule has 0 spiro atoms. The van der Waals surface area contributed by atoms with E-state index in [2.05, 4.69) is 57.6 Å². The third-order valence-electron chi connectivity index (χ3n) is 6.13. The molecule has 5 aromatic rings. The summed E-state index contributed by atoms with van der Waals surface area (Å²) >= 11 is 3.59. The molecule has 0 aliphatic heterocycles. The number of rotatable bonds is 7.